The number of fused-ring (bicyclic) bond motifs is 1. The fourth-order valence-corrected chi connectivity index (χ4v) is 3.24. The first-order chi connectivity index (χ1) is 13.1. The van der Waals surface area contributed by atoms with E-state index in [1.807, 2.05) is 0 Å². The smallest absolute Gasteiger partial charge is 0.252 e. The van der Waals surface area contributed by atoms with Crippen LogP contribution in [-0.2, 0) is 9.47 Å². The zero-order valence-corrected chi connectivity index (χ0v) is 14.4. The molecule has 6 heteroatoms. The molecule has 3 aromatic rings. The summed E-state index contributed by atoms with van der Waals surface area (Å²) in [5.41, 5.74) is 1.14. The number of nitrogens with one attached hydrogen (secondary N) is 1. The summed E-state index contributed by atoms with van der Waals surface area (Å²) in [6.45, 7) is 1.27. The van der Waals surface area contributed by atoms with E-state index < -0.39 is 17.9 Å². The molecule has 0 saturated carbocycles. The van der Waals surface area contributed by atoms with E-state index in [1.54, 1.807) is 36.4 Å². The molecule has 1 heterocycles. The number of benzene rings is 3. The molecule has 1 amide bonds. The van der Waals surface area contributed by atoms with Crippen molar-refractivity contribution in [2.24, 2.45) is 0 Å². The number of ether oxygens (including phenoxy) is 2. The Morgan fingerprint density at radius 2 is 1.67 bits per heavy atom. The van der Waals surface area contributed by atoms with Crippen LogP contribution >= 0.6 is 0 Å². The largest absolute Gasteiger partial charge is 0.348 e. The molecule has 4 nitrogen and oxygen atoms in total. The van der Waals surface area contributed by atoms with Crippen molar-refractivity contribution < 1.29 is 23.0 Å². The highest BCUT2D eigenvalue weighted by molar-refractivity contribution is 6.11. The minimum Gasteiger partial charge on any atom is -0.348 e. The third-order valence-electron chi connectivity index (χ3n) is 4.53. The monoisotopic (exact) mass is 369 g/mol. The summed E-state index contributed by atoms with van der Waals surface area (Å²) < 4.78 is 38.6. The molecule has 4 rings (SSSR count). The molecule has 1 N–H and O–H groups in total. The third-order valence-corrected chi connectivity index (χ3v) is 4.53. The van der Waals surface area contributed by atoms with Crippen LogP contribution in [0, 0.1) is 11.6 Å². The Hall–Kier alpha value is -2.83. The highest BCUT2D eigenvalue weighted by atomic mass is 19.2. The van der Waals surface area contributed by atoms with Gasteiger partial charge in [-0.3, -0.25) is 4.79 Å². The van der Waals surface area contributed by atoms with Gasteiger partial charge in [0.15, 0.2) is 17.9 Å². The highest BCUT2D eigenvalue weighted by Gasteiger charge is 2.19. The number of amides is 1. The molecule has 138 valence electrons. The quantitative estimate of drug-likeness (QED) is 0.759. The second-order valence-electron chi connectivity index (χ2n) is 6.19. The van der Waals surface area contributed by atoms with Gasteiger partial charge in [-0.05, 0) is 28.5 Å². The lowest BCUT2D eigenvalue weighted by molar-refractivity contribution is -0.0379. The Bertz CT molecular complexity index is 1000. The van der Waals surface area contributed by atoms with Crippen molar-refractivity contribution in [1.82, 2.24) is 5.32 Å². The van der Waals surface area contributed by atoms with E-state index in [4.69, 9.17) is 9.47 Å². The van der Waals surface area contributed by atoms with Crippen molar-refractivity contribution in [3.8, 4) is 11.1 Å². The lowest BCUT2D eigenvalue weighted by Crippen LogP contribution is -2.32. The van der Waals surface area contributed by atoms with E-state index in [0.717, 1.165) is 6.07 Å². The van der Waals surface area contributed by atoms with Crippen LogP contribution in [-0.4, -0.2) is 32.0 Å². The van der Waals surface area contributed by atoms with E-state index in [1.165, 1.54) is 12.1 Å². The predicted octanol–water partition coefficient (Wildman–Crippen LogP) is 3.89. The van der Waals surface area contributed by atoms with Crippen molar-refractivity contribution in [1.29, 1.82) is 0 Å². The number of carbonyl (C=O) groups is 1. The summed E-state index contributed by atoms with van der Waals surface area (Å²) in [7, 11) is 0. The average molecular weight is 369 g/mol. The highest BCUT2D eigenvalue weighted by Crippen LogP contribution is 2.33. The van der Waals surface area contributed by atoms with E-state index in [9.17, 15) is 13.6 Å². The standard InChI is InChI=1S/C21H17F2NO3/c22-18-7-3-6-16(20(18)23)15-8-9-17(14-5-2-1-4-13(14)15)21(25)24-12-19-26-10-11-27-19/h1-9,19H,10-12H2,(H,24,25). The second-order valence-corrected chi connectivity index (χ2v) is 6.19. The van der Waals surface area contributed by atoms with Crippen LogP contribution in [0.3, 0.4) is 0 Å². The maximum atomic E-state index is 14.3. The van der Waals surface area contributed by atoms with Gasteiger partial charge < -0.3 is 14.8 Å². The van der Waals surface area contributed by atoms with E-state index in [0.29, 0.717) is 35.1 Å². The molecule has 0 atom stereocenters. The summed E-state index contributed by atoms with van der Waals surface area (Å²) in [4.78, 5) is 12.6. The molecular formula is C21H17F2NO3. The molecule has 0 bridgehead atoms. The maximum absolute atomic E-state index is 14.3. The molecule has 0 aliphatic carbocycles. The number of halogens is 2. The van der Waals surface area contributed by atoms with E-state index in [-0.39, 0.29) is 18.0 Å². The van der Waals surface area contributed by atoms with Gasteiger partial charge in [-0.1, -0.05) is 42.5 Å². The molecule has 0 spiro atoms. The first kappa shape index (κ1) is 17.6. The summed E-state index contributed by atoms with van der Waals surface area (Å²) in [5.74, 6) is -2.10. The van der Waals surface area contributed by atoms with Crippen molar-refractivity contribution in [2.45, 2.75) is 6.29 Å². The Labute approximate surface area is 154 Å². The average Bonchev–Trinajstić information content (AvgIpc) is 3.21. The number of carbonyl (C=O) groups excluding carboxylic acids is 1. The van der Waals surface area contributed by atoms with Gasteiger partial charge in [-0.15, -0.1) is 0 Å². The van der Waals surface area contributed by atoms with Gasteiger partial charge in [0.25, 0.3) is 5.91 Å². The van der Waals surface area contributed by atoms with Crippen LogP contribution < -0.4 is 5.32 Å². The Kier molecular flexibility index (Phi) is 4.83. The summed E-state index contributed by atoms with van der Waals surface area (Å²) in [6, 6.07) is 14.5. The molecule has 0 aromatic heterocycles. The van der Waals surface area contributed by atoms with Crippen LogP contribution in [0.5, 0.6) is 0 Å². The van der Waals surface area contributed by atoms with Crippen LogP contribution in [0.15, 0.2) is 54.6 Å². The van der Waals surface area contributed by atoms with Gasteiger partial charge in [-0.25, -0.2) is 8.78 Å². The van der Waals surface area contributed by atoms with Crippen LogP contribution in [0.25, 0.3) is 21.9 Å². The van der Waals surface area contributed by atoms with Gasteiger partial charge in [0.05, 0.1) is 19.8 Å². The van der Waals surface area contributed by atoms with Crippen molar-refractivity contribution in [3.05, 3.63) is 71.8 Å². The molecule has 1 aliphatic heterocycles. The Morgan fingerprint density at radius 1 is 0.926 bits per heavy atom. The number of hydrogen-bond donors (Lipinski definition) is 1. The lowest BCUT2D eigenvalue weighted by atomic mass is 9.94. The van der Waals surface area contributed by atoms with Gasteiger partial charge in [0.2, 0.25) is 0 Å². The van der Waals surface area contributed by atoms with Crippen molar-refractivity contribution in [3.63, 3.8) is 0 Å². The number of rotatable bonds is 4. The van der Waals surface area contributed by atoms with Crippen LogP contribution in [0.1, 0.15) is 10.4 Å². The maximum Gasteiger partial charge on any atom is 0.252 e. The molecule has 0 radical (unpaired) electrons. The third kappa shape index (κ3) is 3.41. The molecule has 1 aliphatic rings. The van der Waals surface area contributed by atoms with Gasteiger partial charge in [0.1, 0.15) is 0 Å². The first-order valence-electron chi connectivity index (χ1n) is 8.62. The molecule has 3 aromatic carbocycles. The normalized spacial score (nSPS) is 14.6. The fraction of sp³-hybridized carbons (Fsp3) is 0.190. The minimum atomic E-state index is -0.907. The van der Waals surface area contributed by atoms with Gasteiger partial charge in [0, 0.05) is 11.1 Å². The predicted molar refractivity (Wildman–Crippen MR) is 97.3 cm³/mol. The summed E-state index contributed by atoms with van der Waals surface area (Å²) in [5, 5.41) is 4.12. The molecule has 1 fully saturated rings. The lowest BCUT2D eigenvalue weighted by Gasteiger charge is -2.14. The number of hydrogen-bond acceptors (Lipinski definition) is 3. The fourth-order valence-electron chi connectivity index (χ4n) is 3.24. The van der Waals surface area contributed by atoms with Crippen LogP contribution in [0.4, 0.5) is 8.78 Å². The molecule has 1 saturated heterocycles. The zero-order valence-electron chi connectivity index (χ0n) is 14.4. The molecule has 0 unspecified atom stereocenters. The SMILES string of the molecule is O=C(NCC1OCCO1)c1ccc(-c2cccc(F)c2F)c2ccccc12. The van der Waals surface area contributed by atoms with E-state index >= 15 is 0 Å². The Morgan fingerprint density at radius 3 is 2.44 bits per heavy atom. The topological polar surface area (TPSA) is 47.6 Å². The minimum absolute atomic E-state index is 0.158. The van der Waals surface area contributed by atoms with Crippen LogP contribution in [0.2, 0.25) is 0 Å². The molecule has 27 heavy (non-hydrogen) atoms. The van der Waals surface area contributed by atoms with Gasteiger partial charge in [-0.2, -0.15) is 0 Å². The second kappa shape index (κ2) is 7.42. The van der Waals surface area contributed by atoms with E-state index in [2.05, 4.69) is 5.32 Å². The summed E-state index contributed by atoms with van der Waals surface area (Å²) >= 11 is 0. The first-order valence-corrected chi connectivity index (χ1v) is 8.62. The van der Waals surface area contributed by atoms with Gasteiger partial charge >= 0.3 is 0 Å². The van der Waals surface area contributed by atoms with Crippen molar-refractivity contribution in [2.75, 3.05) is 19.8 Å². The Balaban J connectivity index is 1.72. The summed E-state index contributed by atoms with van der Waals surface area (Å²) in [6.07, 6.45) is -0.444. The molecular weight excluding hydrogens is 352 g/mol. The van der Waals surface area contributed by atoms with Crippen molar-refractivity contribution >= 4 is 16.7 Å². The zero-order chi connectivity index (χ0) is 18.8.